The van der Waals surface area contributed by atoms with Gasteiger partial charge in [-0.2, -0.15) is 5.10 Å². The second-order valence-corrected chi connectivity index (χ2v) is 6.56. The van der Waals surface area contributed by atoms with Crippen LogP contribution in [0.4, 0.5) is 4.39 Å². The van der Waals surface area contributed by atoms with Crippen LogP contribution < -0.4 is 0 Å². The third-order valence-corrected chi connectivity index (χ3v) is 5.01. The van der Waals surface area contributed by atoms with E-state index in [1.165, 1.54) is 10.7 Å². The molecule has 1 N–H and O–H groups in total. The summed E-state index contributed by atoms with van der Waals surface area (Å²) in [6.45, 7) is 0.489. The molecule has 0 unspecified atom stereocenters. The molecular weight excluding hydrogens is 349 g/mol. The van der Waals surface area contributed by atoms with Crippen LogP contribution in [0, 0.1) is 5.82 Å². The Hall–Kier alpha value is -3.42. The molecule has 0 saturated heterocycles. The predicted molar refractivity (Wildman–Crippen MR) is 94.6 cm³/mol. The van der Waals surface area contributed by atoms with Gasteiger partial charge in [0.05, 0.1) is 12.0 Å². The van der Waals surface area contributed by atoms with Gasteiger partial charge in [0, 0.05) is 37.3 Å². The Bertz CT molecular complexity index is 1160. The quantitative estimate of drug-likeness (QED) is 0.592. The van der Waals surface area contributed by atoms with Crippen molar-refractivity contribution in [2.75, 3.05) is 6.54 Å². The summed E-state index contributed by atoms with van der Waals surface area (Å²) in [6, 6.07) is 7.70. The fourth-order valence-electron chi connectivity index (χ4n) is 3.70. The molecule has 7 nitrogen and oxygen atoms in total. The van der Waals surface area contributed by atoms with Crippen molar-refractivity contribution in [3.63, 3.8) is 0 Å². The van der Waals surface area contributed by atoms with Gasteiger partial charge in [0.15, 0.2) is 11.4 Å². The molecule has 1 amide bonds. The maximum atomic E-state index is 14.1. The van der Waals surface area contributed by atoms with Crippen LogP contribution in [-0.2, 0) is 13.5 Å². The van der Waals surface area contributed by atoms with Crippen LogP contribution in [0.25, 0.3) is 11.0 Å². The lowest BCUT2D eigenvalue weighted by Gasteiger charge is -2.33. The van der Waals surface area contributed by atoms with Crippen molar-refractivity contribution in [1.82, 2.24) is 24.6 Å². The minimum atomic E-state index is -0.533. The molecule has 3 aromatic heterocycles. The topological polar surface area (TPSA) is 80.0 Å². The molecule has 0 fully saturated rings. The summed E-state index contributed by atoms with van der Waals surface area (Å²) in [4.78, 5) is 22.4. The number of nitrogens with one attached hydrogen (secondary N) is 1. The third kappa shape index (κ3) is 2.37. The maximum absolute atomic E-state index is 14.1. The molecule has 8 heteroatoms. The van der Waals surface area contributed by atoms with Gasteiger partial charge in [-0.15, -0.1) is 0 Å². The van der Waals surface area contributed by atoms with Crippen LogP contribution in [0.5, 0.6) is 0 Å². The molecule has 0 radical (unpaired) electrons. The van der Waals surface area contributed by atoms with Crippen molar-refractivity contribution >= 4 is 16.9 Å². The largest absolute Gasteiger partial charge is 0.455 e. The number of aryl methyl sites for hydroxylation is 1. The van der Waals surface area contributed by atoms with Gasteiger partial charge >= 0.3 is 0 Å². The zero-order chi connectivity index (χ0) is 18.5. The van der Waals surface area contributed by atoms with Crippen LogP contribution in [0.2, 0.25) is 0 Å². The molecule has 0 saturated carbocycles. The van der Waals surface area contributed by atoms with Gasteiger partial charge < -0.3 is 14.3 Å². The van der Waals surface area contributed by atoms with Crippen LogP contribution in [0.1, 0.15) is 33.7 Å². The smallest absolute Gasteiger partial charge is 0.273 e. The van der Waals surface area contributed by atoms with E-state index < -0.39 is 11.9 Å². The first-order chi connectivity index (χ1) is 13.1. The standard InChI is InChI=1S/C19H16FN5O2/c1-24-14(5-7-23-24)19(26)25-8-6-13-16(22-10-21-13)17(25)15-9-11-3-2-4-12(20)18(11)27-15/h2-5,7,9-10,17H,6,8H2,1H3,(H,21,22)/t17-/m1/s1. The number of carbonyl (C=O) groups is 1. The van der Waals surface area contributed by atoms with Gasteiger partial charge in [0.2, 0.25) is 0 Å². The summed E-state index contributed by atoms with van der Waals surface area (Å²) < 4.78 is 21.5. The van der Waals surface area contributed by atoms with E-state index in [1.807, 2.05) is 0 Å². The summed E-state index contributed by atoms with van der Waals surface area (Å²) in [5, 5.41) is 4.74. The maximum Gasteiger partial charge on any atom is 0.273 e. The lowest BCUT2D eigenvalue weighted by atomic mass is 9.99. The van der Waals surface area contributed by atoms with Crippen molar-refractivity contribution in [3.05, 3.63) is 71.5 Å². The highest BCUT2D eigenvalue weighted by atomic mass is 19.1. The van der Waals surface area contributed by atoms with Gasteiger partial charge in [-0.25, -0.2) is 9.37 Å². The molecule has 0 aliphatic carbocycles. The lowest BCUT2D eigenvalue weighted by Crippen LogP contribution is -2.41. The van der Waals surface area contributed by atoms with Crippen LogP contribution >= 0.6 is 0 Å². The van der Waals surface area contributed by atoms with Gasteiger partial charge in [-0.3, -0.25) is 9.48 Å². The van der Waals surface area contributed by atoms with Crippen LogP contribution in [0.15, 0.2) is 47.3 Å². The molecule has 27 heavy (non-hydrogen) atoms. The second-order valence-electron chi connectivity index (χ2n) is 6.56. The summed E-state index contributed by atoms with van der Waals surface area (Å²) in [5.41, 5.74) is 2.33. The number of nitrogens with zero attached hydrogens (tertiary/aromatic N) is 4. The normalized spacial score (nSPS) is 16.7. The molecule has 1 aromatic carbocycles. The van der Waals surface area contributed by atoms with Crippen molar-refractivity contribution in [2.45, 2.75) is 12.5 Å². The molecule has 5 rings (SSSR count). The first-order valence-corrected chi connectivity index (χ1v) is 8.62. The van der Waals surface area contributed by atoms with E-state index in [2.05, 4.69) is 15.1 Å². The van der Waals surface area contributed by atoms with Gasteiger partial charge in [-0.1, -0.05) is 12.1 Å². The van der Waals surface area contributed by atoms with E-state index in [9.17, 15) is 9.18 Å². The van der Waals surface area contributed by atoms with Crippen LogP contribution in [-0.4, -0.2) is 37.1 Å². The highest BCUT2D eigenvalue weighted by Crippen LogP contribution is 2.37. The number of hydrogen-bond donors (Lipinski definition) is 1. The zero-order valence-electron chi connectivity index (χ0n) is 14.5. The van der Waals surface area contributed by atoms with E-state index in [1.54, 1.807) is 48.7 Å². The number of H-pyrrole nitrogens is 1. The van der Waals surface area contributed by atoms with E-state index in [0.717, 1.165) is 11.4 Å². The monoisotopic (exact) mass is 365 g/mol. The number of imidazole rings is 1. The Kier molecular flexibility index (Phi) is 3.40. The number of rotatable bonds is 2. The summed E-state index contributed by atoms with van der Waals surface area (Å²) in [6.07, 6.45) is 3.85. The molecule has 0 bridgehead atoms. The molecule has 1 aliphatic rings. The second kappa shape index (κ2) is 5.80. The molecule has 4 heterocycles. The van der Waals surface area contributed by atoms with Gasteiger partial charge in [-0.05, 0) is 18.2 Å². The summed E-state index contributed by atoms with van der Waals surface area (Å²) in [5.74, 6) is -0.116. The number of hydrogen-bond acceptors (Lipinski definition) is 4. The Balaban J connectivity index is 1.66. The predicted octanol–water partition coefficient (Wildman–Crippen LogP) is 2.82. The Morgan fingerprint density at radius 2 is 2.26 bits per heavy atom. The molecular formula is C19H16FN5O2. The number of halogens is 1. The summed E-state index contributed by atoms with van der Waals surface area (Å²) >= 11 is 0. The SMILES string of the molecule is Cn1nccc1C(=O)N1CCc2[nH]cnc2[C@H]1c1cc2cccc(F)c2o1. The average molecular weight is 365 g/mol. The molecule has 4 aromatic rings. The molecule has 1 aliphatic heterocycles. The average Bonchev–Trinajstić information content (AvgIpc) is 3.39. The highest BCUT2D eigenvalue weighted by molar-refractivity contribution is 5.93. The first kappa shape index (κ1) is 15.8. The number of furan rings is 1. The van der Waals surface area contributed by atoms with E-state index in [0.29, 0.717) is 29.8 Å². The fourth-order valence-corrected chi connectivity index (χ4v) is 3.70. The minimum Gasteiger partial charge on any atom is -0.455 e. The van der Waals surface area contributed by atoms with Gasteiger partial charge in [0.1, 0.15) is 17.5 Å². The van der Waals surface area contributed by atoms with E-state index in [-0.39, 0.29) is 11.5 Å². The zero-order valence-corrected chi connectivity index (χ0v) is 14.5. The van der Waals surface area contributed by atoms with Crippen LogP contribution in [0.3, 0.4) is 0 Å². The Morgan fingerprint density at radius 1 is 1.37 bits per heavy atom. The number of aromatic nitrogens is 4. The van der Waals surface area contributed by atoms with Crippen molar-refractivity contribution in [2.24, 2.45) is 7.05 Å². The van der Waals surface area contributed by atoms with Gasteiger partial charge in [0.25, 0.3) is 5.91 Å². The number of carbonyl (C=O) groups excluding carboxylic acids is 1. The molecule has 136 valence electrons. The molecule has 0 spiro atoms. The number of para-hydroxylation sites is 1. The minimum absolute atomic E-state index is 0.172. The number of fused-ring (bicyclic) bond motifs is 2. The third-order valence-electron chi connectivity index (χ3n) is 5.01. The number of benzene rings is 1. The van der Waals surface area contributed by atoms with E-state index in [4.69, 9.17) is 4.42 Å². The van der Waals surface area contributed by atoms with E-state index >= 15 is 0 Å². The lowest BCUT2D eigenvalue weighted by molar-refractivity contribution is 0.0661. The summed E-state index contributed by atoms with van der Waals surface area (Å²) in [7, 11) is 1.72. The first-order valence-electron chi connectivity index (χ1n) is 8.62. The number of aromatic amines is 1. The van der Waals surface area contributed by atoms with Crippen molar-refractivity contribution in [1.29, 1.82) is 0 Å². The fraction of sp³-hybridized carbons (Fsp3) is 0.211. The van der Waals surface area contributed by atoms with Crippen molar-refractivity contribution < 1.29 is 13.6 Å². The molecule has 1 atom stereocenters. The van der Waals surface area contributed by atoms with Crippen molar-refractivity contribution in [3.8, 4) is 0 Å². The Morgan fingerprint density at radius 3 is 3.04 bits per heavy atom. The highest BCUT2D eigenvalue weighted by Gasteiger charge is 2.37. The Labute approximate surface area is 153 Å². The number of amides is 1.